The summed E-state index contributed by atoms with van der Waals surface area (Å²) in [5, 5.41) is 0. The molecule has 19 heavy (non-hydrogen) atoms. The molecule has 2 N–H and O–H groups in total. The van der Waals surface area contributed by atoms with Crippen LogP contribution in [0.4, 0.5) is 0 Å². The van der Waals surface area contributed by atoms with E-state index < -0.39 is 0 Å². The number of piperidine rings is 1. The minimum Gasteiger partial charge on any atom is -0.369 e. The Morgan fingerprint density at radius 1 is 1.26 bits per heavy atom. The number of nitrogens with two attached hydrogens (primary N) is 1. The molecule has 1 fully saturated rings. The lowest BCUT2D eigenvalue weighted by Gasteiger charge is -2.30. The first-order chi connectivity index (χ1) is 9.08. The molecule has 1 aromatic carbocycles. The summed E-state index contributed by atoms with van der Waals surface area (Å²) in [5.74, 6) is -0.222. The van der Waals surface area contributed by atoms with Crippen LogP contribution in [0.1, 0.15) is 18.4 Å². The van der Waals surface area contributed by atoms with Crippen molar-refractivity contribution in [3.8, 4) is 0 Å². The Kier molecular flexibility index (Phi) is 4.58. The van der Waals surface area contributed by atoms with Gasteiger partial charge in [0.2, 0.25) is 11.8 Å². The molecule has 4 nitrogen and oxygen atoms in total. The van der Waals surface area contributed by atoms with E-state index in [1.54, 1.807) is 0 Å². The van der Waals surface area contributed by atoms with Crippen LogP contribution in [0.25, 0.3) is 0 Å². The van der Waals surface area contributed by atoms with E-state index in [1.165, 1.54) is 0 Å². The maximum absolute atomic E-state index is 12.2. The van der Waals surface area contributed by atoms with E-state index >= 15 is 0 Å². The third-order valence-electron chi connectivity index (χ3n) is 3.55. The second-order valence-electron chi connectivity index (χ2n) is 4.83. The van der Waals surface area contributed by atoms with Crippen LogP contribution >= 0.6 is 15.9 Å². The molecule has 0 saturated carbocycles. The van der Waals surface area contributed by atoms with Crippen LogP contribution in [0, 0.1) is 5.92 Å². The number of carbonyl (C=O) groups is 2. The van der Waals surface area contributed by atoms with Crippen LogP contribution in [-0.2, 0) is 16.0 Å². The molecule has 102 valence electrons. The van der Waals surface area contributed by atoms with Crippen LogP contribution < -0.4 is 5.73 Å². The van der Waals surface area contributed by atoms with E-state index in [9.17, 15) is 9.59 Å². The maximum Gasteiger partial charge on any atom is 0.227 e. The van der Waals surface area contributed by atoms with Crippen molar-refractivity contribution in [3.05, 3.63) is 34.3 Å². The van der Waals surface area contributed by atoms with Gasteiger partial charge in [0.25, 0.3) is 0 Å². The maximum atomic E-state index is 12.2. The molecule has 1 aliphatic rings. The fourth-order valence-corrected chi connectivity index (χ4v) is 2.75. The van der Waals surface area contributed by atoms with Crippen molar-refractivity contribution in [2.45, 2.75) is 19.3 Å². The summed E-state index contributed by atoms with van der Waals surface area (Å²) in [6.07, 6.45) is 1.75. The number of carbonyl (C=O) groups excluding carboxylic acids is 2. The van der Waals surface area contributed by atoms with Crippen molar-refractivity contribution in [1.82, 2.24) is 4.90 Å². The molecular formula is C14H17BrN2O2. The number of halogens is 1. The molecular weight excluding hydrogens is 308 g/mol. The Morgan fingerprint density at radius 3 is 2.47 bits per heavy atom. The first-order valence-corrected chi connectivity index (χ1v) is 7.17. The molecule has 1 heterocycles. The normalized spacial score (nSPS) is 16.4. The smallest absolute Gasteiger partial charge is 0.227 e. The average molecular weight is 325 g/mol. The molecule has 0 aromatic heterocycles. The Morgan fingerprint density at radius 2 is 1.89 bits per heavy atom. The highest BCUT2D eigenvalue weighted by Gasteiger charge is 2.25. The fourth-order valence-electron chi connectivity index (χ4n) is 2.33. The van der Waals surface area contributed by atoms with E-state index in [0.717, 1.165) is 10.0 Å². The minimum absolute atomic E-state index is 0.0764. The van der Waals surface area contributed by atoms with Crippen LogP contribution in [0.5, 0.6) is 0 Å². The van der Waals surface area contributed by atoms with Gasteiger partial charge in [0.15, 0.2) is 0 Å². The van der Waals surface area contributed by atoms with Gasteiger partial charge in [-0.1, -0.05) is 34.1 Å². The van der Waals surface area contributed by atoms with Crippen molar-refractivity contribution in [2.75, 3.05) is 13.1 Å². The average Bonchev–Trinajstić information content (AvgIpc) is 2.41. The molecule has 1 aliphatic heterocycles. The number of rotatable bonds is 3. The van der Waals surface area contributed by atoms with Crippen LogP contribution in [0.3, 0.4) is 0 Å². The summed E-state index contributed by atoms with van der Waals surface area (Å²) in [5.41, 5.74) is 6.27. The summed E-state index contributed by atoms with van der Waals surface area (Å²) in [6, 6.07) is 7.73. The molecule has 0 aliphatic carbocycles. The topological polar surface area (TPSA) is 63.4 Å². The number of primary amides is 1. The Bertz CT molecular complexity index is 482. The number of hydrogen-bond acceptors (Lipinski definition) is 2. The lowest BCUT2D eigenvalue weighted by molar-refractivity contribution is -0.134. The number of likely N-dealkylation sites (tertiary alicyclic amines) is 1. The molecule has 1 aromatic rings. The van der Waals surface area contributed by atoms with E-state index in [1.807, 2.05) is 29.2 Å². The summed E-state index contributed by atoms with van der Waals surface area (Å²) >= 11 is 3.45. The van der Waals surface area contributed by atoms with Gasteiger partial charge in [0.05, 0.1) is 6.42 Å². The molecule has 0 bridgehead atoms. The van der Waals surface area contributed by atoms with Crippen LogP contribution in [0.2, 0.25) is 0 Å². The van der Waals surface area contributed by atoms with Crippen molar-refractivity contribution in [3.63, 3.8) is 0 Å². The second-order valence-corrected chi connectivity index (χ2v) is 5.68. The van der Waals surface area contributed by atoms with Gasteiger partial charge in [-0.15, -0.1) is 0 Å². The third kappa shape index (κ3) is 3.56. The van der Waals surface area contributed by atoms with Crippen molar-refractivity contribution >= 4 is 27.7 Å². The van der Waals surface area contributed by atoms with E-state index in [4.69, 9.17) is 5.73 Å². The number of benzene rings is 1. The molecule has 5 heteroatoms. The monoisotopic (exact) mass is 324 g/mol. The van der Waals surface area contributed by atoms with Crippen LogP contribution in [-0.4, -0.2) is 29.8 Å². The summed E-state index contributed by atoms with van der Waals surface area (Å²) in [4.78, 5) is 25.1. The summed E-state index contributed by atoms with van der Waals surface area (Å²) < 4.78 is 0.954. The highest BCUT2D eigenvalue weighted by Crippen LogP contribution is 2.20. The lowest BCUT2D eigenvalue weighted by Crippen LogP contribution is -2.42. The Balaban J connectivity index is 1.92. The second kappa shape index (κ2) is 6.19. The van der Waals surface area contributed by atoms with Gasteiger partial charge in [-0.3, -0.25) is 9.59 Å². The minimum atomic E-state index is -0.252. The largest absolute Gasteiger partial charge is 0.369 e. The quantitative estimate of drug-likeness (QED) is 0.920. The molecule has 2 amide bonds. The molecule has 1 saturated heterocycles. The van der Waals surface area contributed by atoms with Crippen molar-refractivity contribution in [2.24, 2.45) is 11.7 Å². The van der Waals surface area contributed by atoms with E-state index in [-0.39, 0.29) is 17.7 Å². The van der Waals surface area contributed by atoms with Crippen LogP contribution in [0.15, 0.2) is 28.7 Å². The zero-order valence-electron chi connectivity index (χ0n) is 10.6. The summed E-state index contributed by atoms with van der Waals surface area (Å²) in [7, 11) is 0. The van der Waals surface area contributed by atoms with Crippen molar-refractivity contribution < 1.29 is 9.59 Å². The van der Waals surface area contributed by atoms with Gasteiger partial charge < -0.3 is 10.6 Å². The predicted octanol–water partition coefficient (Wildman–Crippen LogP) is 1.72. The zero-order chi connectivity index (χ0) is 13.8. The van der Waals surface area contributed by atoms with Gasteiger partial charge >= 0.3 is 0 Å². The van der Waals surface area contributed by atoms with Gasteiger partial charge in [0, 0.05) is 23.5 Å². The third-order valence-corrected chi connectivity index (χ3v) is 4.32. The molecule has 2 rings (SSSR count). The fraction of sp³-hybridized carbons (Fsp3) is 0.429. The lowest BCUT2D eigenvalue weighted by atomic mass is 9.96. The Hall–Kier alpha value is -1.36. The highest BCUT2D eigenvalue weighted by atomic mass is 79.9. The van der Waals surface area contributed by atoms with Gasteiger partial charge in [0.1, 0.15) is 0 Å². The van der Waals surface area contributed by atoms with Gasteiger partial charge in [-0.05, 0) is 24.5 Å². The number of hydrogen-bond donors (Lipinski definition) is 1. The van der Waals surface area contributed by atoms with E-state index in [2.05, 4.69) is 15.9 Å². The zero-order valence-corrected chi connectivity index (χ0v) is 12.2. The van der Waals surface area contributed by atoms with Crippen molar-refractivity contribution in [1.29, 1.82) is 0 Å². The molecule has 0 spiro atoms. The number of amides is 2. The van der Waals surface area contributed by atoms with Gasteiger partial charge in [-0.2, -0.15) is 0 Å². The SMILES string of the molecule is NC(=O)C1CCN(C(=O)Cc2ccccc2Br)CC1. The highest BCUT2D eigenvalue weighted by molar-refractivity contribution is 9.10. The number of nitrogens with zero attached hydrogens (tertiary/aromatic N) is 1. The molecule has 0 radical (unpaired) electrons. The molecule has 0 unspecified atom stereocenters. The molecule has 0 atom stereocenters. The van der Waals surface area contributed by atoms with Gasteiger partial charge in [-0.25, -0.2) is 0 Å². The standard InChI is InChI=1S/C14H17BrN2O2/c15-12-4-2-1-3-11(12)9-13(18)17-7-5-10(6-8-17)14(16)19/h1-4,10H,5-9H2,(H2,16,19). The van der Waals surface area contributed by atoms with E-state index in [0.29, 0.717) is 32.4 Å². The first kappa shape index (κ1) is 14.1. The predicted molar refractivity (Wildman–Crippen MR) is 76.3 cm³/mol. The Labute approximate surface area is 121 Å². The summed E-state index contributed by atoms with van der Waals surface area (Å²) in [6.45, 7) is 1.24. The first-order valence-electron chi connectivity index (χ1n) is 6.38.